The molecule has 0 aliphatic carbocycles. The average Bonchev–Trinajstić information content (AvgIpc) is 3.04. The molecule has 0 saturated heterocycles. The highest BCUT2D eigenvalue weighted by Crippen LogP contribution is 2.30. The Morgan fingerprint density at radius 3 is 2.64 bits per heavy atom. The molecule has 1 heterocycles. The van der Waals surface area contributed by atoms with Crippen molar-refractivity contribution < 1.29 is 27.5 Å². The van der Waals surface area contributed by atoms with Gasteiger partial charge in [0.2, 0.25) is 0 Å². The lowest BCUT2D eigenvalue weighted by Gasteiger charge is -2.16. The number of hydrogen-bond acceptors (Lipinski definition) is 4. The summed E-state index contributed by atoms with van der Waals surface area (Å²) >= 11 is 0. The highest BCUT2D eigenvalue weighted by molar-refractivity contribution is 5.90. The van der Waals surface area contributed by atoms with Crippen LogP contribution in [-0.2, 0) is 22.1 Å². The van der Waals surface area contributed by atoms with E-state index in [9.17, 15) is 22.8 Å². The summed E-state index contributed by atoms with van der Waals surface area (Å²) in [7, 11) is 1.20. The van der Waals surface area contributed by atoms with E-state index in [0.717, 1.165) is 12.1 Å². The SMILES string of the molecule is COC(=O)C(CCc1cccc(C(F)(F)F)c1)n1cnc(C(N)=O)c1. The molecule has 0 radical (unpaired) electrons. The van der Waals surface area contributed by atoms with E-state index in [1.807, 2.05) is 0 Å². The first-order chi connectivity index (χ1) is 11.7. The first-order valence-corrected chi connectivity index (χ1v) is 7.29. The van der Waals surface area contributed by atoms with E-state index in [1.54, 1.807) is 6.07 Å². The zero-order valence-electron chi connectivity index (χ0n) is 13.3. The van der Waals surface area contributed by atoms with Gasteiger partial charge in [0.05, 0.1) is 19.0 Å². The summed E-state index contributed by atoms with van der Waals surface area (Å²) in [5.41, 5.74) is 4.78. The topological polar surface area (TPSA) is 87.2 Å². The number of esters is 1. The van der Waals surface area contributed by atoms with Crippen LogP contribution in [-0.4, -0.2) is 28.5 Å². The molecule has 0 fully saturated rings. The van der Waals surface area contributed by atoms with Crippen LogP contribution in [0.3, 0.4) is 0 Å². The Bertz CT molecular complexity index is 771. The fraction of sp³-hybridized carbons (Fsp3) is 0.312. The van der Waals surface area contributed by atoms with Crippen molar-refractivity contribution in [3.8, 4) is 0 Å². The summed E-state index contributed by atoms with van der Waals surface area (Å²) < 4.78 is 44.4. The molecule has 0 aliphatic rings. The molecule has 1 aromatic carbocycles. The third kappa shape index (κ3) is 4.59. The molecule has 1 unspecified atom stereocenters. The molecule has 0 saturated carbocycles. The van der Waals surface area contributed by atoms with Gasteiger partial charge in [-0.2, -0.15) is 13.2 Å². The lowest BCUT2D eigenvalue weighted by Crippen LogP contribution is -2.21. The molecule has 134 valence electrons. The summed E-state index contributed by atoms with van der Waals surface area (Å²) in [4.78, 5) is 26.9. The van der Waals surface area contributed by atoms with Crippen molar-refractivity contribution in [2.75, 3.05) is 7.11 Å². The van der Waals surface area contributed by atoms with Gasteiger partial charge in [0.15, 0.2) is 0 Å². The van der Waals surface area contributed by atoms with Gasteiger partial charge in [-0.15, -0.1) is 0 Å². The fourth-order valence-corrected chi connectivity index (χ4v) is 2.37. The van der Waals surface area contributed by atoms with E-state index in [-0.39, 0.29) is 18.5 Å². The quantitative estimate of drug-likeness (QED) is 0.806. The Balaban J connectivity index is 2.18. The first-order valence-electron chi connectivity index (χ1n) is 7.29. The number of hydrogen-bond donors (Lipinski definition) is 1. The van der Waals surface area contributed by atoms with E-state index in [4.69, 9.17) is 10.5 Å². The number of primary amides is 1. The van der Waals surface area contributed by atoms with E-state index in [0.29, 0.717) is 5.56 Å². The van der Waals surface area contributed by atoms with Crippen molar-refractivity contribution in [1.82, 2.24) is 9.55 Å². The van der Waals surface area contributed by atoms with Crippen molar-refractivity contribution >= 4 is 11.9 Å². The smallest absolute Gasteiger partial charge is 0.416 e. The van der Waals surface area contributed by atoms with Crippen LogP contribution in [0.25, 0.3) is 0 Å². The number of methoxy groups -OCH3 is 1. The second-order valence-electron chi connectivity index (χ2n) is 5.35. The molecule has 1 atom stereocenters. The highest BCUT2D eigenvalue weighted by atomic mass is 19.4. The van der Waals surface area contributed by atoms with E-state index < -0.39 is 29.7 Å². The van der Waals surface area contributed by atoms with Gasteiger partial charge in [-0.25, -0.2) is 9.78 Å². The van der Waals surface area contributed by atoms with Crippen LogP contribution in [0.15, 0.2) is 36.8 Å². The number of rotatable bonds is 6. The minimum atomic E-state index is -4.43. The molecule has 2 rings (SSSR count). The second kappa shape index (κ2) is 7.37. The van der Waals surface area contributed by atoms with Gasteiger partial charge in [-0.3, -0.25) is 4.79 Å². The number of aromatic nitrogens is 2. The number of amides is 1. The highest BCUT2D eigenvalue weighted by Gasteiger charge is 2.30. The summed E-state index contributed by atoms with van der Waals surface area (Å²) in [6, 6.07) is 4.05. The van der Waals surface area contributed by atoms with Crippen molar-refractivity contribution in [3.63, 3.8) is 0 Å². The average molecular weight is 355 g/mol. The normalized spacial score (nSPS) is 12.6. The van der Waals surface area contributed by atoms with Crippen molar-refractivity contribution in [1.29, 1.82) is 0 Å². The zero-order valence-corrected chi connectivity index (χ0v) is 13.3. The van der Waals surface area contributed by atoms with Crippen LogP contribution in [0, 0.1) is 0 Å². The number of halogens is 3. The summed E-state index contributed by atoms with van der Waals surface area (Å²) in [5.74, 6) is -1.35. The Hall–Kier alpha value is -2.84. The van der Waals surface area contributed by atoms with Gasteiger partial charge >= 0.3 is 12.1 Å². The number of ether oxygens (including phenoxy) is 1. The van der Waals surface area contributed by atoms with Gasteiger partial charge < -0.3 is 15.0 Å². The Morgan fingerprint density at radius 2 is 2.08 bits per heavy atom. The maximum absolute atomic E-state index is 12.8. The fourth-order valence-electron chi connectivity index (χ4n) is 2.37. The number of benzene rings is 1. The molecular weight excluding hydrogens is 339 g/mol. The molecule has 0 bridgehead atoms. The third-order valence-corrected chi connectivity index (χ3v) is 3.65. The van der Waals surface area contributed by atoms with Crippen molar-refractivity contribution in [2.24, 2.45) is 5.73 Å². The van der Waals surface area contributed by atoms with Crippen molar-refractivity contribution in [2.45, 2.75) is 25.1 Å². The molecule has 25 heavy (non-hydrogen) atoms. The van der Waals surface area contributed by atoms with Crippen molar-refractivity contribution in [3.05, 3.63) is 53.6 Å². The number of aryl methyl sites for hydroxylation is 1. The first kappa shape index (κ1) is 18.5. The number of nitrogens with two attached hydrogens (primary N) is 1. The van der Waals surface area contributed by atoms with Crippen LogP contribution in [0.1, 0.15) is 34.1 Å². The maximum atomic E-state index is 12.8. The maximum Gasteiger partial charge on any atom is 0.416 e. The molecule has 1 aromatic heterocycles. The molecule has 9 heteroatoms. The molecule has 0 aliphatic heterocycles. The van der Waals surface area contributed by atoms with Crippen LogP contribution in [0.2, 0.25) is 0 Å². The van der Waals surface area contributed by atoms with Crippen LogP contribution in [0.5, 0.6) is 0 Å². The van der Waals surface area contributed by atoms with Crippen LogP contribution in [0.4, 0.5) is 13.2 Å². The third-order valence-electron chi connectivity index (χ3n) is 3.65. The number of alkyl halides is 3. The van der Waals surface area contributed by atoms with Gasteiger partial charge in [-0.05, 0) is 24.5 Å². The zero-order chi connectivity index (χ0) is 18.6. The Labute approximate surface area is 141 Å². The van der Waals surface area contributed by atoms with E-state index >= 15 is 0 Å². The lowest BCUT2D eigenvalue weighted by atomic mass is 10.0. The van der Waals surface area contributed by atoms with Gasteiger partial charge in [0, 0.05) is 6.20 Å². The molecule has 1 amide bonds. The minimum Gasteiger partial charge on any atom is -0.467 e. The summed E-state index contributed by atoms with van der Waals surface area (Å²) in [6.45, 7) is 0. The Morgan fingerprint density at radius 1 is 1.36 bits per heavy atom. The second-order valence-corrected chi connectivity index (χ2v) is 5.35. The molecule has 6 nitrogen and oxygen atoms in total. The molecule has 2 aromatic rings. The molecular formula is C16H16F3N3O3. The predicted octanol–water partition coefficient (Wildman–Crippen LogP) is 2.35. The van der Waals surface area contributed by atoms with Gasteiger partial charge in [0.25, 0.3) is 5.91 Å². The van der Waals surface area contributed by atoms with Gasteiger partial charge in [0.1, 0.15) is 11.7 Å². The molecule has 2 N–H and O–H groups in total. The largest absolute Gasteiger partial charge is 0.467 e. The molecule has 0 spiro atoms. The van der Waals surface area contributed by atoms with Gasteiger partial charge in [-0.1, -0.05) is 18.2 Å². The number of carbonyl (C=O) groups is 2. The number of imidazole rings is 1. The van der Waals surface area contributed by atoms with Crippen LogP contribution < -0.4 is 5.73 Å². The summed E-state index contributed by atoms with van der Waals surface area (Å²) in [5, 5.41) is 0. The minimum absolute atomic E-state index is 0.0204. The number of nitrogens with zero attached hydrogens (tertiary/aromatic N) is 2. The number of carbonyl (C=O) groups excluding carboxylic acids is 2. The van der Waals surface area contributed by atoms with E-state index in [2.05, 4.69) is 4.98 Å². The Kier molecular flexibility index (Phi) is 5.45. The van der Waals surface area contributed by atoms with E-state index in [1.165, 1.54) is 30.3 Å². The lowest BCUT2D eigenvalue weighted by molar-refractivity contribution is -0.145. The standard InChI is InChI=1S/C16H16F3N3O3/c1-25-15(24)13(22-8-12(14(20)23)21-9-22)6-5-10-3-2-4-11(7-10)16(17,18)19/h2-4,7-9,13H,5-6H2,1H3,(H2,20,23). The van der Waals surface area contributed by atoms with Crippen LogP contribution >= 0.6 is 0 Å². The summed E-state index contributed by atoms with van der Waals surface area (Å²) in [6.07, 6.45) is -1.50. The predicted molar refractivity (Wildman–Crippen MR) is 81.6 cm³/mol. The monoisotopic (exact) mass is 355 g/mol.